The molecule has 3 rings (SSSR count). The number of hydrogen-bond donors (Lipinski definition) is 0. The highest BCUT2D eigenvalue weighted by atomic mass is 79.9. The van der Waals surface area contributed by atoms with Crippen LogP contribution in [0.4, 0.5) is 13.2 Å². The lowest BCUT2D eigenvalue weighted by atomic mass is 10.0. The third-order valence-electron chi connectivity index (χ3n) is 3.68. The Morgan fingerprint density at radius 1 is 1.22 bits per heavy atom. The van der Waals surface area contributed by atoms with Crippen molar-refractivity contribution < 1.29 is 13.2 Å². The lowest BCUT2D eigenvalue weighted by Gasteiger charge is -2.13. The van der Waals surface area contributed by atoms with Crippen LogP contribution in [0.25, 0.3) is 16.9 Å². The zero-order valence-corrected chi connectivity index (χ0v) is 14.0. The number of rotatable bonds is 2. The van der Waals surface area contributed by atoms with Gasteiger partial charge >= 0.3 is 6.18 Å². The van der Waals surface area contributed by atoms with E-state index in [0.717, 1.165) is 17.5 Å². The smallest absolute Gasteiger partial charge is 0.231 e. The fourth-order valence-corrected chi connectivity index (χ4v) is 3.10. The van der Waals surface area contributed by atoms with Gasteiger partial charge in [-0.25, -0.2) is 9.50 Å². The standard InChI is InChI=1S/C16H13BrF3N3/c1-3-14-9(2)21-15-12(17)8-13(22-23(14)15)10-6-4-5-7-11(10)16(18,19)20/h4-8H,3H2,1-2H3. The number of fused-ring (bicyclic) bond motifs is 1. The van der Waals surface area contributed by atoms with Gasteiger partial charge in [-0.15, -0.1) is 0 Å². The Bertz CT molecular complexity index is 884. The van der Waals surface area contributed by atoms with Crippen LogP contribution in [0.15, 0.2) is 34.8 Å². The Labute approximate surface area is 139 Å². The Hall–Kier alpha value is -1.89. The summed E-state index contributed by atoms with van der Waals surface area (Å²) in [6.45, 7) is 3.83. The zero-order valence-electron chi connectivity index (χ0n) is 12.4. The van der Waals surface area contributed by atoms with Crippen molar-refractivity contribution in [2.75, 3.05) is 0 Å². The summed E-state index contributed by atoms with van der Waals surface area (Å²) >= 11 is 3.39. The molecule has 7 heteroatoms. The summed E-state index contributed by atoms with van der Waals surface area (Å²) in [6, 6.07) is 7.02. The van der Waals surface area contributed by atoms with E-state index in [4.69, 9.17) is 0 Å². The van der Waals surface area contributed by atoms with Crippen LogP contribution in [-0.2, 0) is 12.6 Å². The van der Waals surface area contributed by atoms with Crippen molar-refractivity contribution in [2.24, 2.45) is 0 Å². The summed E-state index contributed by atoms with van der Waals surface area (Å²) in [5.74, 6) is 0. The van der Waals surface area contributed by atoms with Gasteiger partial charge in [-0.2, -0.15) is 18.3 Å². The lowest BCUT2D eigenvalue weighted by molar-refractivity contribution is -0.137. The first-order chi connectivity index (χ1) is 10.8. The highest BCUT2D eigenvalue weighted by Gasteiger charge is 2.34. The first kappa shape index (κ1) is 16.0. The fraction of sp³-hybridized carbons (Fsp3) is 0.250. The van der Waals surface area contributed by atoms with Crippen molar-refractivity contribution in [3.63, 3.8) is 0 Å². The highest BCUT2D eigenvalue weighted by molar-refractivity contribution is 9.10. The van der Waals surface area contributed by atoms with Crippen LogP contribution >= 0.6 is 15.9 Å². The van der Waals surface area contributed by atoms with E-state index in [1.165, 1.54) is 12.1 Å². The van der Waals surface area contributed by atoms with Crippen molar-refractivity contribution in [1.82, 2.24) is 14.6 Å². The molecule has 23 heavy (non-hydrogen) atoms. The average Bonchev–Trinajstić information content (AvgIpc) is 2.82. The second kappa shape index (κ2) is 5.63. The molecule has 0 fully saturated rings. The normalized spacial score (nSPS) is 12.1. The van der Waals surface area contributed by atoms with E-state index in [9.17, 15) is 13.2 Å². The van der Waals surface area contributed by atoms with Crippen molar-refractivity contribution in [2.45, 2.75) is 26.4 Å². The molecule has 0 N–H and O–H groups in total. The molecule has 120 valence electrons. The molecule has 0 saturated heterocycles. The number of nitrogens with zero attached hydrogens (tertiary/aromatic N) is 3. The van der Waals surface area contributed by atoms with Gasteiger partial charge in [-0.1, -0.05) is 25.1 Å². The molecule has 0 unspecified atom stereocenters. The molecule has 2 heterocycles. The van der Waals surface area contributed by atoms with Gasteiger partial charge in [0.05, 0.1) is 27.1 Å². The van der Waals surface area contributed by atoms with E-state index >= 15 is 0 Å². The number of imidazole rings is 1. The quantitative estimate of drug-likeness (QED) is 0.619. The van der Waals surface area contributed by atoms with Gasteiger partial charge < -0.3 is 0 Å². The average molecular weight is 384 g/mol. The van der Waals surface area contributed by atoms with Crippen LogP contribution in [0.1, 0.15) is 23.9 Å². The topological polar surface area (TPSA) is 30.2 Å². The third kappa shape index (κ3) is 2.73. The SMILES string of the molecule is CCc1c(C)nc2c(Br)cc(-c3ccccc3C(F)(F)F)nn12. The molecule has 1 aromatic carbocycles. The third-order valence-corrected chi connectivity index (χ3v) is 4.26. The molecular formula is C16H13BrF3N3. The van der Waals surface area contributed by atoms with E-state index in [1.54, 1.807) is 16.6 Å². The zero-order chi connectivity index (χ0) is 16.8. The van der Waals surface area contributed by atoms with Crippen LogP contribution in [0, 0.1) is 6.92 Å². The maximum absolute atomic E-state index is 13.2. The number of aryl methyl sites for hydroxylation is 2. The Morgan fingerprint density at radius 2 is 1.91 bits per heavy atom. The van der Waals surface area contributed by atoms with Crippen LogP contribution < -0.4 is 0 Å². The van der Waals surface area contributed by atoms with E-state index < -0.39 is 11.7 Å². The Kier molecular flexibility index (Phi) is 3.91. The van der Waals surface area contributed by atoms with Gasteiger partial charge in [-0.05, 0) is 41.4 Å². The van der Waals surface area contributed by atoms with Crippen molar-refractivity contribution in [3.8, 4) is 11.3 Å². The molecule has 0 aliphatic heterocycles. The van der Waals surface area contributed by atoms with Gasteiger partial charge in [0.2, 0.25) is 0 Å². The number of benzene rings is 1. The molecule has 0 aliphatic rings. The number of alkyl halides is 3. The summed E-state index contributed by atoms with van der Waals surface area (Å²) in [5.41, 5.74) is 1.91. The predicted octanol–water partition coefficient (Wildman–Crippen LogP) is 5.05. The van der Waals surface area contributed by atoms with E-state index in [1.807, 2.05) is 13.8 Å². The fourth-order valence-electron chi connectivity index (χ4n) is 2.63. The number of aromatic nitrogens is 3. The molecule has 0 atom stereocenters. The minimum Gasteiger partial charge on any atom is -0.231 e. The van der Waals surface area contributed by atoms with Crippen molar-refractivity contribution in [1.29, 1.82) is 0 Å². The molecule has 3 nitrogen and oxygen atoms in total. The van der Waals surface area contributed by atoms with Gasteiger partial charge in [0.15, 0.2) is 5.65 Å². The Morgan fingerprint density at radius 3 is 2.57 bits per heavy atom. The first-order valence-corrected chi connectivity index (χ1v) is 7.83. The van der Waals surface area contributed by atoms with Crippen LogP contribution in [0.2, 0.25) is 0 Å². The van der Waals surface area contributed by atoms with Crippen molar-refractivity contribution >= 4 is 21.6 Å². The van der Waals surface area contributed by atoms with Gasteiger partial charge in [0.25, 0.3) is 0 Å². The molecular weight excluding hydrogens is 371 g/mol. The van der Waals surface area contributed by atoms with E-state index in [0.29, 0.717) is 16.5 Å². The van der Waals surface area contributed by atoms with E-state index in [2.05, 4.69) is 26.0 Å². The summed E-state index contributed by atoms with van der Waals surface area (Å²) in [6.07, 6.45) is -3.74. The van der Waals surface area contributed by atoms with Crippen molar-refractivity contribution in [3.05, 3.63) is 51.8 Å². The van der Waals surface area contributed by atoms with E-state index in [-0.39, 0.29) is 11.3 Å². The predicted molar refractivity (Wildman–Crippen MR) is 85.2 cm³/mol. The van der Waals surface area contributed by atoms with Gasteiger partial charge in [0, 0.05) is 5.56 Å². The summed E-state index contributed by atoms with van der Waals surface area (Å²) in [5, 5.41) is 4.40. The summed E-state index contributed by atoms with van der Waals surface area (Å²) in [7, 11) is 0. The molecule has 3 aromatic rings. The molecule has 0 spiro atoms. The highest BCUT2D eigenvalue weighted by Crippen LogP contribution is 2.37. The maximum Gasteiger partial charge on any atom is 0.417 e. The number of hydrogen-bond acceptors (Lipinski definition) is 2. The summed E-state index contributed by atoms with van der Waals surface area (Å²) < 4.78 is 41.9. The first-order valence-electron chi connectivity index (χ1n) is 7.04. The monoisotopic (exact) mass is 383 g/mol. The largest absolute Gasteiger partial charge is 0.417 e. The second-order valence-electron chi connectivity index (χ2n) is 5.15. The molecule has 0 aliphatic carbocycles. The second-order valence-corrected chi connectivity index (χ2v) is 6.01. The van der Waals surface area contributed by atoms with Gasteiger partial charge in [0.1, 0.15) is 0 Å². The molecule has 2 aromatic heterocycles. The maximum atomic E-state index is 13.2. The molecule has 0 saturated carbocycles. The minimum atomic E-state index is -4.43. The Balaban J connectivity index is 2.30. The van der Waals surface area contributed by atoms with Crippen LogP contribution in [0.5, 0.6) is 0 Å². The molecule has 0 bridgehead atoms. The van der Waals surface area contributed by atoms with Gasteiger partial charge in [-0.3, -0.25) is 0 Å². The van der Waals surface area contributed by atoms with Crippen LogP contribution in [0.3, 0.4) is 0 Å². The lowest BCUT2D eigenvalue weighted by Crippen LogP contribution is -2.08. The summed E-state index contributed by atoms with van der Waals surface area (Å²) in [4.78, 5) is 4.42. The molecule has 0 amide bonds. The molecule has 0 radical (unpaired) electrons. The van der Waals surface area contributed by atoms with Crippen LogP contribution in [-0.4, -0.2) is 14.6 Å². The minimum absolute atomic E-state index is 0.0519. The number of halogens is 4.